The van der Waals surface area contributed by atoms with Crippen molar-refractivity contribution in [3.63, 3.8) is 0 Å². The van der Waals surface area contributed by atoms with Gasteiger partial charge in [0.25, 0.3) is 0 Å². The lowest BCUT2D eigenvalue weighted by molar-refractivity contribution is -0.145. The second kappa shape index (κ2) is 4.02. The zero-order valence-corrected chi connectivity index (χ0v) is 10.5. The summed E-state index contributed by atoms with van der Waals surface area (Å²) in [5, 5.41) is 0.570. The van der Waals surface area contributed by atoms with Gasteiger partial charge in [-0.15, -0.1) is 0 Å². The maximum atomic E-state index is 11.8. The van der Waals surface area contributed by atoms with Crippen LogP contribution in [0.25, 0.3) is 0 Å². The Morgan fingerprint density at radius 2 is 2.24 bits per heavy atom. The third kappa shape index (κ3) is 1.75. The van der Waals surface area contributed by atoms with E-state index in [1.54, 1.807) is 0 Å². The van der Waals surface area contributed by atoms with Crippen molar-refractivity contribution in [1.29, 1.82) is 0 Å². The first-order valence-electron chi connectivity index (χ1n) is 6.06. The molecule has 1 fully saturated rings. The predicted molar refractivity (Wildman–Crippen MR) is 63.2 cm³/mol. The molecular weight excluding hydrogens is 240 g/mol. The maximum absolute atomic E-state index is 11.8. The van der Waals surface area contributed by atoms with Gasteiger partial charge in [0.1, 0.15) is 11.9 Å². The van der Waals surface area contributed by atoms with Crippen LogP contribution in [0, 0.1) is 0 Å². The Labute approximate surface area is 105 Å². The molecule has 1 saturated carbocycles. The van der Waals surface area contributed by atoms with E-state index in [1.807, 2.05) is 4.57 Å². The van der Waals surface area contributed by atoms with E-state index in [2.05, 4.69) is 4.98 Å². The molecule has 1 aliphatic heterocycles. The van der Waals surface area contributed by atoms with Crippen LogP contribution in [0.3, 0.4) is 0 Å². The number of esters is 1. The third-order valence-corrected chi connectivity index (χ3v) is 3.91. The smallest absolute Gasteiger partial charge is 0.328 e. The molecule has 0 aromatic carbocycles. The van der Waals surface area contributed by atoms with Gasteiger partial charge in [0.05, 0.1) is 12.8 Å². The minimum Gasteiger partial charge on any atom is -0.467 e. The molecule has 0 N–H and O–H groups in total. The number of methoxy groups -OCH3 is 1. The Hall–Kier alpha value is -1.03. The summed E-state index contributed by atoms with van der Waals surface area (Å²) >= 11 is 6.16. The van der Waals surface area contributed by atoms with Crippen molar-refractivity contribution < 1.29 is 9.53 Å². The molecule has 17 heavy (non-hydrogen) atoms. The minimum atomic E-state index is -0.223. The molecular formula is C12H15ClN2O2. The zero-order valence-electron chi connectivity index (χ0n) is 9.78. The number of hydrogen-bond acceptors (Lipinski definition) is 3. The molecule has 3 rings (SSSR count). The highest BCUT2D eigenvalue weighted by molar-refractivity contribution is 6.30. The van der Waals surface area contributed by atoms with E-state index >= 15 is 0 Å². The molecule has 5 heteroatoms. The van der Waals surface area contributed by atoms with Gasteiger partial charge < -0.3 is 9.30 Å². The molecule has 2 aliphatic rings. The number of carbonyl (C=O) groups excluding carboxylic acids is 1. The molecule has 0 bridgehead atoms. The molecule has 92 valence electrons. The van der Waals surface area contributed by atoms with Crippen molar-refractivity contribution in [3.05, 3.63) is 16.7 Å². The quantitative estimate of drug-likeness (QED) is 0.762. The molecule has 0 amide bonds. The fraction of sp³-hybridized carbons (Fsp3) is 0.667. The van der Waals surface area contributed by atoms with Gasteiger partial charge in [-0.1, -0.05) is 11.6 Å². The summed E-state index contributed by atoms with van der Waals surface area (Å²) in [7, 11) is 1.44. The van der Waals surface area contributed by atoms with Crippen LogP contribution in [0.15, 0.2) is 0 Å². The van der Waals surface area contributed by atoms with Crippen LogP contribution in [0.1, 0.15) is 49.2 Å². The van der Waals surface area contributed by atoms with Crippen LogP contribution in [-0.2, 0) is 16.0 Å². The Morgan fingerprint density at radius 3 is 2.88 bits per heavy atom. The highest BCUT2D eigenvalue weighted by Gasteiger charge is 2.37. The number of imidazole rings is 1. The fourth-order valence-electron chi connectivity index (χ4n) is 2.61. The van der Waals surface area contributed by atoms with Gasteiger partial charge in [0.15, 0.2) is 5.15 Å². The van der Waals surface area contributed by atoms with Gasteiger partial charge in [-0.25, -0.2) is 9.78 Å². The highest BCUT2D eigenvalue weighted by Crippen LogP contribution is 2.44. The molecule has 2 heterocycles. The van der Waals surface area contributed by atoms with Crippen LogP contribution in [-0.4, -0.2) is 22.6 Å². The summed E-state index contributed by atoms with van der Waals surface area (Å²) in [5.41, 5.74) is 1.01. The SMILES string of the molecule is COC(=O)C1CCCc2c(Cl)nc(C3CC3)n21. The van der Waals surface area contributed by atoms with E-state index in [9.17, 15) is 4.79 Å². The minimum absolute atomic E-state index is 0.179. The van der Waals surface area contributed by atoms with Crippen LogP contribution < -0.4 is 0 Å². The van der Waals surface area contributed by atoms with Gasteiger partial charge in [0, 0.05) is 5.92 Å². The van der Waals surface area contributed by atoms with E-state index < -0.39 is 0 Å². The summed E-state index contributed by atoms with van der Waals surface area (Å²) in [6, 6.07) is -0.223. The second-order valence-corrected chi connectivity index (χ2v) is 5.14. The van der Waals surface area contributed by atoms with Gasteiger partial charge >= 0.3 is 5.97 Å². The predicted octanol–water partition coefficient (Wildman–Crippen LogP) is 2.46. The van der Waals surface area contributed by atoms with Crippen molar-refractivity contribution in [2.24, 2.45) is 0 Å². The number of carbonyl (C=O) groups is 1. The van der Waals surface area contributed by atoms with E-state index in [-0.39, 0.29) is 12.0 Å². The normalized spacial score (nSPS) is 23.3. The van der Waals surface area contributed by atoms with Crippen LogP contribution in [0.4, 0.5) is 0 Å². The summed E-state index contributed by atoms with van der Waals surface area (Å²) < 4.78 is 6.92. The largest absolute Gasteiger partial charge is 0.467 e. The molecule has 0 saturated heterocycles. The monoisotopic (exact) mass is 254 g/mol. The van der Waals surface area contributed by atoms with Crippen molar-refractivity contribution in [2.45, 2.75) is 44.1 Å². The summed E-state index contributed by atoms with van der Waals surface area (Å²) in [6.07, 6.45) is 5.01. The first-order valence-corrected chi connectivity index (χ1v) is 6.44. The molecule has 4 nitrogen and oxygen atoms in total. The fourth-order valence-corrected chi connectivity index (χ4v) is 2.88. The maximum Gasteiger partial charge on any atom is 0.328 e. The van der Waals surface area contributed by atoms with Gasteiger partial charge in [-0.3, -0.25) is 0 Å². The highest BCUT2D eigenvalue weighted by atomic mass is 35.5. The van der Waals surface area contributed by atoms with Crippen molar-refractivity contribution in [3.8, 4) is 0 Å². The molecule has 0 radical (unpaired) electrons. The van der Waals surface area contributed by atoms with Gasteiger partial charge in [-0.05, 0) is 32.1 Å². The van der Waals surface area contributed by atoms with Gasteiger partial charge in [-0.2, -0.15) is 0 Å². The average Bonchev–Trinajstić information content (AvgIpc) is 3.14. The molecule has 0 spiro atoms. The summed E-state index contributed by atoms with van der Waals surface area (Å²) in [6.45, 7) is 0. The lowest BCUT2D eigenvalue weighted by atomic mass is 10.0. The van der Waals surface area contributed by atoms with Crippen LogP contribution in [0.5, 0.6) is 0 Å². The standard InChI is InChI=1S/C12H15ClN2O2/c1-17-12(16)9-4-2-3-8-10(13)14-11(15(8)9)7-5-6-7/h7,9H,2-6H2,1H3. The van der Waals surface area contributed by atoms with E-state index in [1.165, 1.54) is 7.11 Å². The first kappa shape index (κ1) is 11.1. The number of fused-ring (bicyclic) bond motifs is 1. The first-order chi connectivity index (χ1) is 8.22. The van der Waals surface area contributed by atoms with Crippen LogP contribution in [0.2, 0.25) is 5.15 Å². The number of hydrogen-bond donors (Lipinski definition) is 0. The Morgan fingerprint density at radius 1 is 1.47 bits per heavy atom. The number of rotatable bonds is 2. The topological polar surface area (TPSA) is 44.1 Å². The molecule has 1 atom stereocenters. The van der Waals surface area contributed by atoms with Gasteiger partial charge in [0.2, 0.25) is 0 Å². The zero-order chi connectivity index (χ0) is 12.0. The van der Waals surface area contributed by atoms with Crippen molar-refractivity contribution in [1.82, 2.24) is 9.55 Å². The van der Waals surface area contributed by atoms with Crippen molar-refractivity contribution >= 4 is 17.6 Å². The number of nitrogens with zero attached hydrogens (tertiary/aromatic N) is 2. The summed E-state index contributed by atoms with van der Waals surface area (Å²) in [5.74, 6) is 1.30. The number of ether oxygens (including phenoxy) is 1. The van der Waals surface area contributed by atoms with Crippen LogP contribution >= 0.6 is 11.6 Å². The Balaban J connectivity index is 2.07. The third-order valence-electron chi connectivity index (χ3n) is 3.61. The molecule has 1 unspecified atom stereocenters. The number of aromatic nitrogens is 2. The van der Waals surface area contributed by atoms with E-state index in [0.717, 1.165) is 43.6 Å². The Kier molecular flexibility index (Phi) is 2.62. The summed E-state index contributed by atoms with van der Waals surface area (Å²) in [4.78, 5) is 16.3. The Bertz CT molecular complexity index is 465. The molecule has 1 aromatic rings. The lowest BCUT2D eigenvalue weighted by Gasteiger charge is -2.25. The molecule has 1 aromatic heterocycles. The molecule has 1 aliphatic carbocycles. The second-order valence-electron chi connectivity index (χ2n) is 4.78. The van der Waals surface area contributed by atoms with Crippen molar-refractivity contribution in [2.75, 3.05) is 7.11 Å². The lowest BCUT2D eigenvalue weighted by Crippen LogP contribution is -2.27. The van der Waals surface area contributed by atoms with E-state index in [4.69, 9.17) is 16.3 Å². The number of halogens is 1. The van der Waals surface area contributed by atoms with E-state index in [0.29, 0.717) is 11.1 Å². The average molecular weight is 255 g/mol.